The molecule has 0 aliphatic carbocycles. The van der Waals surface area contributed by atoms with Crippen LogP contribution in [-0.2, 0) is 0 Å². The largest absolute Gasteiger partial charge is 0.388 e. The fourth-order valence-electron chi connectivity index (χ4n) is 2.92. The zero-order chi connectivity index (χ0) is 14.0. The molecule has 0 spiro atoms. The summed E-state index contributed by atoms with van der Waals surface area (Å²) in [5.74, 6) is 0. The van der Waals surface area contributed by atoms with Crippen LogP contribution in [0.3, 0.4) is 0 Å². The van der Waals surface area contributed by atoms with Gasteiger partial charge in [-0.3, -0.25) is 5.10 Å². The van der Waals surface area contributed by atoms with E-state index in [2.05, 4.69) is 31.0 Å². The minimum absolute atomic E-state index is 0.108. The van der Waals surface area contributed by atoms with Gasteiger partial charge in [0.25, 0.3) is 0 Å². The summed E-state index contributed by atoms with van der Waals surface area (Å²) in [6.07, 6.45) is 4.01. The molecule has 0 aliphatic rings. The van der Waals surface area contributed by atoms with Crippen LogP contribution >= 0.6 is 11.6 Å². The summed E-state index contributed by atoms with van der Waals surface area (Å²) in [4.78, 5) is 0. The summed E-state index contributed by atoms with van der Waals surface area (Å²) in [7, 11) is 0. The Hall–Kier alpha value is -1.06. The number of fused-ring (bicyclic) bond motifs is 1. The predicted octanol–water partition coefficient (Wildman–Crippen LogP) is 4.47. The molecule has 1 unspecified atom stereocenters. The van der Waals surface area contributed by atoms with Crippen molar-refractivity contribution in [3.63, 3.8) is 0 Å². The van der Waals surface area contributed by atoms with E-state index >= 15 is 0 Å². The van der Waals surface area contributed by atoms with E-state index in [-0.39, 0.29) is 5.41 Å². The zero-order valence-electron chi connectivity index (χ0n) is 11.7. The standard InChI is InChI=1S/C15H21ClN2O/c1-4-15(5-2,6-3)14(19)12-8-11(16)7-10-9-17-18-13(10)12/h7-9,14,19H,4-6H2,1-3H3,(H,17,18). The van der Waals surface area contributed by atoms with Crippen molar-refractivity contribution in [1.29, 1.82) is 0 Å². The Morgan fingerprint density at radius 3 is 2.47 bits per heavy atom. The zero-order valence-corrected chi connectivity index (χ0v) is 12.5. The monoisotopic (exact) mass is 280 g/mol. The van der Waals surface area contributed by atoms with Crippen LogP contribution in [0, 0.1) is 5.41 Å². The molecule has 1 atom stereocenters. The smallest absolute Gasteiger partial charge is 0.0867 e. The molecule has 1 aromatic heterocycles. The molecule has 1 heterocycles. The molecule has 0 fully saturated rings. The Morgan fingerprint density at radius 1 is 1.26 bits per heavy atom. The van der Waals surface area contributed by atoms with E-state index < -0.39 is 6.10 Å². The highest BCUT2D eigenvalue weighted by Gasteiger charge is 2.35. The van der Waals surface area contributed by atoms with Gasteiger partial charge in [0.1, 0.15) is 0 Å². The number of H-pyrrole nitrogens is 1. The molecular formula is C15H21ClN2O. The Bertz CT molecular complexity index is 552. The van der Waals surface area contributed by atoms with Crippen molar-refractivity contribution in [2.75, 3.05) is 0 Å². The van der Waals surface area contributed by atoms with Gasteiger partial charge < -0.3 is 5.11 Å². The van der Waals surface area contributed by atoms with Crippen molar-refractivity contribution in [3.05, 3.63) is 28.9 Å². The highest BCUT2D eigenvalue weighted by Crippen LogP contribution is 2.45. The summed E-state index contributed by atoms with van der Waals surface area (Å²) < 4.78 is 0. The van der Waals surface area contributed by atoms with Gasteiger partial charge >= 0.3 is 0 Å². The number of nitrogens with zero attached hydrogens (tertiary/aromatic N) is 1. The summed E-state index contributed by atoms with van der Waals surface area (Å²) >= 11 is 6.15. The van der Waals surface area contributed by atoms with Gasteiger partial charge in [-0.05, 0) is 36.8 Å². The van der Waals surface area contributed by atoms with Crippen LogP contribution in [0.4, 0.5) is 0 Å². The lowest BCUT2D eigenvalue weighted by atomic mass is 9.72. The molecule has 2 N–H and O–H groups in total. The first kappa shape index (κ1) is 14.4. The number of aliphatic hydroxyl groups excluding tert-OH is 1. The maximum absolute atomic E-state index is 10.9. The Balaban J connectivity index is 2.57. The summed E-state index contributed by atoms with van der Waals surface area (Å²) in [6.45, 7) is 6.39. The SMILES string of the molecule is CCC(CC)(CC)C(O)c1cc(Cl)cc2cn[nH]c12. The number of halogens is 1. The third-order valence-electron chi connectivity index (χ3n) is 4.53. The number of aromatic amines is 1. The van der Waals surface area contributed by atoms with Crippen LogP contribution in [0.25, 0.3) is 10.9 Å². The van der Waals surface area contributed by atoms with Crippen LogP contribution in [0.1, 0.15) is 51.7 Å². The van der Waals surface area contributed by atoms with Crippen LogP contribution in [0.5, 0.6) is 0 Å². The molecule has 19 heavy (non-hydrogen) atoms. The third-order valence-corrected chi connectivity index (χ3v) is 4.75. The van der Waals surface area contributed by atoms with Crippen molar-refractivity contribution < 1.29 is 5.11 Å². The molecule has 104 valence electrons. The molecule has 1 aromatic carbocycles. The lowest BCUT2D eigenvalue weighted by molar-refractivity contribution is 0.0134. The Labute approximate surface area is 119 Å². The van der Waals surface area contributed by atoms with Crippen LogP contribution in [0.15, 0.2) is 18.3 Å². The first-order valence-electron chi connectivity index (χ1n) is 6.88. The van der Waals surface area contributed by atoms with Gasteiger partial charge in [0.05, 0.1) is 17.8 Å². The molecule has 4 heteroatoms. The van der Waals surface area contributed by atoms with Gasteiger partial charge in [-0.2, -0.15) is 5.10 Å². The molecule has 2 rings (SSSR count). The molecular weight excluding hydrogens is 260 g/mol. The molecule has 0 bridgehead atoms. The third kappa shape index (κ3) is 2.37. The minimum Gasteiger partial charge on any atom is -0.388 e. The first-order chi connectivity index (χ1) is 9.07. The average Bonchev–Trinajstić information content (AvgIpc) is 2.88. The second kappa shape index (κ2) is 5.51. The summed E-state index contributed by atoms with van der Waals surface area (Å²) in [5, 5.41) is 19.5. The Kier molecular flexibility index (Phi) is 4.16. The first-order valence-corrected chi connectivity index (χ1v) is 7.26. The van der Waals surface area contributed by atoms with E-state index in [1.165, 1.54) is 0 Å². The number of rotatable bonds is 5. The molecule has 0 amide bonds. The van der Waals surface area contributed by atoms with Gasteiger partial charge in [0.2, 0.25) is 0 Å². The predicted molar refractivity (Wildman–Crippen MR) is 79.4 cm³/mol. The van der Waals surface area contributed by atoms with E-state index in [0.29, 0.717) is 5.02 Å². The lowest BCUT2D eigenvalue weighted by Gasteiger charge is -2.36. The van der Waals surface area contributed by atoms with E-state index in [1.54, 1.807) is 6.20 Å². The molecule has 0 aliphatic heterocycles. The number of aromatic nitrogens is 2. The van der Waals surface area contributed by atoms with Gasteiger partial charge in [0, 0.05) is 16.0 Å². The number of hydrogen-bond donors (Lipinski definition) is 2. The van der Waals surface area contributed by atoms with Gasteiger partial charge in [-0.15, -0.1) is 0 Å². The van der Waals surface area contributed by atoms with E-state index in [1.807, 2.05) is 12.1 Å². The average molecular weight is 281 g/mol. The summed E-state index contributed by atoms with van der Waals surface area (Å²) in [5.41, 5.74) is 1.63. The van der Waals surface area contributed by atoms with E-state index in [9.17, 15) is 5.11 Å². The second-order valence-corrected chi connectivity index (χ2v) is 5.59. The molecule has 2 aromatic rings. The molecule has 3 nitrogen and oxygen atoms in total. The maximum atomic E-state index is 10.9. The van der Waals surface area contributed by atoms with Crippen LogP contribution in [-0.4, -0.2) is 15.3 Å². The van der Waals surface area contributed by atoms with Gasteiger partial charge in [0.15, 0.2) is 0 Å². The van der Waals surface area contributed by atoms with Crippen molar-refractivity contribution in [2.45, 2.75) is 46.1 Å². The van der Waals surface area contributed by atoms with Crippen molar-refractivity contribution in [2.24, 2.45) is 5.41 Å². The van der Waals surface area contributed by atoms with Crippen LogP contribution < -0.4 is 0 Å². The van der Waals surface area contributed by atoms with Gasteiger partial charge in [-0.25, -0.2) is 0 Å². The van der Waals surface area contributed by atoms with Gasteiger partial charge in [-0.1, -0.05) is 32.4 Å². The molecule has 0 saturated carbocycles. The fourth-order valence-corrected chi connectivity index (χ4v) is 3.16. The Morgan fingerprint density at radius 2 is 1.89 bits per heavy atom. The highest BCUT2D eigenvalue weighted by atomic mass is 35.5. The number of benzene rings is 1. The van der Waals surface area contributed by atoms with E-state index in [0.717, 1.165) is 35.7 Å². The van der Waals surface area contributed by atoms with Crippen molar-refractivity contribution >= 4 is 22.5 Å². The molecule has 0 saturated heterocycles. The second-order valence-electron chi connectivity index (χ2n) is 5.15. The lowest BCUT2D eigenvalue weighted by Crippen LogP contribution is -2.27. The highest BCUT2D eigenvalue weighted by molar-refractivity contribution is 6.31. The van der Waals surface area contributed by atoms with Crippen LogP contribution in [0.2, 0.25) is 5.02 Å². The number of nitrogens with one attached hydrogen (secondary N) is 1. The normalized spacial score (nSPS) is 13.9. The molecule has 0 radical (unpaired) electrons. The topological polar surface area (TPSA) is 48.9 Å². The maximum Gasteiger partial charge on any atom is 0.0867 e. The van der Waals surface area contributed by atoms with Crippen molar-refractivity contribution in [1.82, 2.24) is 10.2 Å². The number of aliphatic hydroxyl groups is 1. The quantitative estimate of drug-likeness (QED) is 0.849. The number of hydrogen-bond acceptors (Lipinski definition) is 2. The minimum atomic E-state index is -0.533. The summed E-state index contributed by atoms with van der Waals surface area (Å²) in [6, 6.07) is 3.71. The fraction of sp³-hybridized carbons (Fsp3) is 0.533. The van der Waals surface area contributed by atoms with E-state index in [4.69, 9.17) is 11.6 Å². The van der Waals surface area contributed by atoms with Crippen molar-refractivity contribution in [3.8, 4) is 0 Å².